The molecule has 0 aliphatic rings. The van der Waals surface area contributed by atoms with Crippen molar-refractivity contribution in [2.75, 3.05) is 13.2 Å². The molecule has 1 atom stereocenters. The Kier molecular flexibility index (Phi) is 5.64. The molecule has 0 heterocycles. The summed E-state index contributed by atoms with van der Waals surface area (Å²) in [5.74, 6) is -0.862. The summed E-state index contributed by atoms with van der Waals surface area (Å²) in [5, 5.41) is 0. The molecule has 1 unspecified atom stereocenters. The summed E-state index contributed by atoms with van der Waals surface area (Å²) in [5.41, 5.74) is 0. The average molecular weight is 224 g/mol. The Morgan fingerprint density at radius 1 is 1.57 bits per heavy atom. The highest BCUT2D eigenvalue weighted by Gasteiger charge is 2.16. The third-order valence-corrected chi connectivity index (χ3v) is 1.69. The van der Waals surface area contributed by atoms with Gasteiger partial charge in [0.15, 0.2) is 0 Å². The van der Waals surface area contributed by atoms with Crippen LogP contribution in [-0.2, 0) is 18.6 Å². The van der Waals surface area contributed by atoms with E-state index in [4.69, 9.17) is 9.79 Å². The standard InChI is InChI=1S/C7H13O6P/c1-3-7(8)12-4-6(2)5-13-14(9,10)11/h3,6H,1,4-5H2,2H3,(H2,9,10,11). The fraction of sp³-hybridized carbons (Fsp3) is 0.571. The molecule has 0 spiro atoms. The SMILES string of the molecule is C=CC(=O)OCC(C)COP(=O)(O)O. The zero-order valence-corrected chi connectivity index (χ0v) is 8.65. The Balaban J connectivity index is 3.66. The molecule has 0 saturated heterocycles. The maximum Gasteiger partial charge on any atom is 0.469 e. The zero-order chi connectivity index (χ0) is 11.2. The predicted octanol–water partition coefficient (Wildman–Crippen LogP) is 0.461. The smallest absolute Gasteiger partial charge is 0.462 e. The molecule has 0 bridgehead atoms. The van der Waals surface area contributed by atoms with Crippen LogP contribution in [0.1, 0.15) is 6.92 Å². The third-order valence-electron chi connectivity index (χ3n) is 1.20. The molecule has 0 aliphatic heterocycles. The summed E-state index contributed by atoms with van der Waals surface area (Å²) in [6.07, 6.45) is 1.01. The number of carbonyl (C=O) groups is 1. The van der Waals surface area contributed by atoms with E-state index < -0.39 is 13.8 Å². The first-order valence-corrected chi connectivity index (χ1v) is 5.37. The number of hydrogen-bond donors (Lipinski definition) is 2. The Labute approximate surface area is 81.8 Å². The molecule has 14 heavy (non-hydrogen) atoms. The van der Waals surface area contributed by atoms with Crippen LogP contribution in [0.25, 0.3) is 0 Å². The lowest BCUT2D eigenvalue weighted by Gasteiger charge is -2.11. The minimum absolute atomic E-state index is 0.0326. The second-order valence-corrected chi connectivity index (χ2v) is 3.97. The van der Waals surface area contributed by atoms with Crippen molar-refractivity contribution in [3.63, 3.8) is 0 Å². The molecule has 7 heteroatoms. The predicted molar refractivity (Wildman–Crippen MR) is 48.3 cm³/mol. The highest BCUT2D eigenvalue weighted by atomic mass is 31.2. The summed E-state index contributed by atoms with van der Waals surface area (Å²) in [6.45, 7) is 4.69. The van der Waals surface area contributed by atoms with Gasteiger partial charge in [0.2, 0.25) is 0 Å². The van der Waals surface area contributed by atoms with Gasteiger partial charge >= 0.3 is 13.8 Å². The van der Waals surface area contributed by atoms with Crippen LogP contribution in [0, 0.1) is 5.92 Å². The van der Waals surface area contributed by atoms with Crippen molar-refractivity contribution in [2.24, 2.45) is 5.92 Å². The van der Waals surface area contributed by atoms with Gasteiger partial charge in [0.05, 0.1) is 13.2 Å². The molecule has 6 nitrogen and oxygen atoms in total. The maximum absolute atomic E-state index is 10.6. The summed E-state index contributed by atoms with van der Waals surface area (Å²) < 4.78 is 19.1. The molecule has 82 valence electrons. The van der Waals surface area contributed by atoms with Gasteiger partial charge in [-0.05, 0) is 0 Å². The van der Waals surface area contributed by atoms with Gasteiger partial charge in [-0.3, -0.25) is 4.52 Å². The molecule has 0 aromatic carbocycles. The molecule has 0 aromatic heterocycles. The zero-order valence-electron chi connectivity index (χ0n) is 7.75. The summed E-state index contributed by atoms with van der Waals surface area (Å²) >= 11 is 0. The van der Waals surface area contributed by atoms with Gasteiger partial charge in [0.1, 0.15) is 0 Å². The van der Waals surface area contributed by atoms with Crippen LogP contribution in [0.2, 0.25) is 0 Å². The van der Waals surface area contributed by atoms with E-state index in [1.165, 1.54) is 0 Å². The lowest BCUT2D eigenvalue weighted by Crippen LogP contribution is -2.14. The highest BCUT2D eigenvalue weighted by Crippen LogP contribution is 2.36. The van der Waals surface area contributed by atoms with Crippen LogP contribution < -0.4 is 0 Å². The van der Waals surface area contributed by atoms with E-state index >= 15 is 0 Å². The summed E-state index contributed by atoms with van der Waals surface area (Å²) in [6, 6.07) is 0. The first-order valence-electron chi connectivity index (χ1n) is 3.84. The second kappa shape index (κ2) is 5.93. The van der Waals surface area contributed by atoms with Crippen LogP contribution in [0.4, 0.5) is 0 Å². The fourth-order valence-corrected chi connectivity index (χ4v) is 1.00. The Bertz CT molecular complexity index is 245. The topological polar surface area (TPSA) is 93.1 Å². The molecule has 2 N–H and O–H groups in total. The van der Waals surface area contributed by atoms with Gasteiger partial charge in [-0.2, -0.15) is 0 Å². The molecule has 0 aromatic rings. The highest BCUT2D eigenvalue weighted by molar-refractivity contribution is 7.46. The van der Waals surface area contributed by atoms with Crippen molar-refractivity contribution >= 4 is 13.8 Å². The summed E-state index contributed by atoms with van der Waals surface area (Å²) in [7, 11) is -4.43. The van der Waals surface area contributed by atoms with Gasteiger partial charge in [0.25, 0.3) is 0 Å². The Morgan fingerprint density at radius 3 is 2.57 bits per heavy atom. The van der Waals surface area contributed by atoms with E-state index in [0.717, 1.165) is 6.08 Å². The van der Waals surface area contributed by atoms with E-state index in [0.29, 0.717) is 0 Å². The van der Waals surface area contributed by atoms with Crippen molar-refractivity contribution in [1.29, 1.82) is 0 Å². The van der Waals surface area contributed by atoms with E-state index in [9.17, 15) is 9.36 Å². The minimum Gasteiger partial charge on any atom is -0.462 e. The second-order valence-electron chi connectivity index (χ2n) is 2.73. The minimum atomic E-state index is -4.43. The van der Waals surface area contributed by atoms with Crippen molar-refractivity contribution in [3.8, 4) is 0 Å². The quantitative estimate of drug-likeness (QED) is 0.387. The van der Waals surface area contributed by atoms with E-state index in [1.54, 1.807) is 6.92 Å². The lowest BCUT2D eigenvalue weighted by molar-refractivity contribution is -0.139. The average Bonchev–Trinajstić information content (AvgIpc) is 2.09. The first kappa shape index (κ1) is 13.3. The molecule has 0 rings (SSSR count). The van der Waals surface area contributed by atoms with Gasteiger partial charge in [-0.15, -0.1) is 0 Å². The third kappa shape index (κ3) is 7.94. The number of esters is 1. The van der Waals surface area contributed by atoms with E-state index in [2.05, 4.69) is 15.8 Å². The molecular formula is C7H13O6P. The van der Waals surface area contributed by atoms with E-state index in [-0.39, 0.29) is 19.1 Å². The molecule has 0 saturated carbocycles. The number of carbonyl (C=O) groups excluding carboxylic acids is 1. The Morgan fingerprint density at radius 2 is 2.14 bits per heavy atom. The number of ether oxygens (including phenoxy) is 1. The Hall–Kier alpha value is -0.680. The van der Waals surface area contributed by atoms with Gasteiger partial charge in [-0.1, -0.05) is 13.5 Å². The van der Waals surface area contributed by atoms with Crippen molar-refractivity contribution in [3.05, 3.63) is 12.7 Å². The van der Waals surface area contributed by atoms with Crippen LogP contribution in [-0.4, -0.2) is 29.0 Å². The van der Waals surface area contributed by atoms with Crippen molar-refractivity contribution in [2.45, 2.75) is 6.92 Å². The van der Waals surface area contributed by atoms with Gasteiger partial charge < -0.3 is 14.5 Å². The van der Waals surface area contributed by atoms with Gasteiger partial charge in [0, 0.05) is 12.0 Å². The molecule has 0 fully saturated rings. The molecule has 0 radical (unpaired) electrons. The van der Waals surface area contributed by atoms with Crippen molar-refractivity contribution < 1.29 is 28.4 Å². The maximum atomic E-state index is 10.6. The lowest BCUT2D eigenvalue weighted by atomic mass is 10.2. The monoisotopic (exact) mass is 224 g/mol. The van der Waals surface area contributed by atoms with Crippen LogP contribution >= 0.6 is 7.82 Å². The normalized spacial score (nSPS) is 13.4. The van der Waals surface area contributed by atoms with Crippen LogP contribution in [0.15, 0.2) is 12.7 Å². The van der Waals surface area contributed by atoms with Crippen LogP contribution in [0.3, 0.4) is 0 Å². The fourth-order valence-electron chi connectivity index (χ4n) is 0.556. The summed E-state index contributed by atoms with van der Waals surface area (Å²) in [4.78, 5) is 27.3. The molecule has 0 aliphatic carbocycles. The number of phosphoric ester groups is 1. The first-order chi connectivity index (χ1) is 6.35. The van der Waals surface area contributed by atoms with Crippen LogP contribution in [0.5, 0.6) is 0 Å². The number of phosphoric acid groups is 1. The van der Waals surface area contributed by atoms with Crippen molar-refractivity contribution in [1.82, 2.24) is 0 Å². The van der Waals surface area contributed by atoms with Gasteiger partial charge in [-0.25, -0.2) is 9.36 Å². The molecular weight excluding hydrogens is 211 g/mol. The largest absolute Gasteiger partial charge is 0.469 e. The van der Waals surface area contributed by atoms with E-state index in [1.807, 2.05) is 0 Å². The number of hydrogen-bond acceptors (Lipinski definition) is 4. The number of rotatable bonds is 6. The molecule has 0 amide bonds.